The van der Waals surface area contributed by atoms with Gasteiger partial charge in [0.05, 0.1) is 18.4 Å². The van der Waals surface area contributed by atoms with E-state index in [9.17, 15) is 19.2 Å². The Balaban J connectivity index is 2.01. The number of hydrogen-bond acceptors (Lipinski definition) is 5. The first-order chi connectivity index (χ1) is 14.3. The van der Waals surface area contributed by atoms with E-state index in [0.717, 1.165) is 11.1 Å². The van der Waals surface area contributed by atoms with Crippen LogP contribution in [0.2, 0.25) is 0 Å². The Hall–Kier alpha value is -3.22. The number of esters is 1. The molecule has 7 heteroatoms. The molecule has 0 aliphatic carbocycles. The zero-order valence-electron chi connectivity index (χ0n) is 17.5. The van der Waals surface area contributed by atoms with Crippen molar-refractivity contribution in [2.24, 2.45) is 17.0 Å². The average Bonchev–Trinajstić information content (AvgIpc) is 2.72. The van der Waals surface area contributed by atoms with E-state index in [4.69, 9.17) is 4.74 Å². The molecule has 1 N–H and O–H groups in total. The largest absolute Gasteiger partial charge is 0.465 e. The summed E-state index contributed by atoms with van der Waals surface area (Å²) in [5, 5.41) is 13.1. The number of halogens is 1. The molecule has 0 aromatic heterocycles. The van der Waals surface area contributed by atoms with Crippen molar-refractivity contribution in [3.8, 4) is 0 Å². The number of anilines is 1. The highest BCUT2D eigenvalue weighted by Gasteiger charge is 2.37. The van der Waals surface area contributed by atoms with Crippen molar-refractivity contribution in [2.75, 3.05) is 18.6 Å². The normalized spacial score (nSPS) is 19.7. The Morgan fingerprint density at radius 1 is 1.23 bits per heavy atom. The molecular formula is C23H25FN2O4. The number of piperidine rings is 1. The summed E-state index contributed by atoms with van der Waals surface area (Å²) in [5.74, 6) is -1.67. The predicted octanol–water partition coefficient (Wildman–Crippen LogP) is 4.10. The van der Waals surface area contributed by atoms with Gasteiger partial charge in [-0.3, -0.25) is 4.79 Å². The third-order valence-corrected chi connectivity index (χ3v) is 5.55. The Morgan fingerprint density at radius 3 is 2.43 bits per heavy atom. The molecule has 1 heterocycles. The molecular weight excluding hydrogens is 387 g/mol. The average molecular weight is 412 g/mol. The summed E-state index contributed by atoms with van der Waals surface area (Å²) < 4.78 is 19.1. The second kappa shape index (κ2) is 8.65. The monoisotopic (exact) mass is 412 g/mol. The third-order valence-electron chi connectivity index (χ3n) is 5.55. The number of ether oxygens (including phenoxy) is 1. The third kappa shape index (κ3) is 3.92. The van der Waals surface area contributed by atoms with Crippen LogP contribution >= 0.6 is 0 Å². The van der Waals surface area contributed by atoms with Gasteiger partial charge in [-0.15, -0.1) is 0 Å². The van der Waals surface area contributed by atoms with Crippen LogP contribution in [0.5, 0.6) is 0 Å². The number of methoxy groups -OCH3 is 1. The number of amides is 1. The Bertz CT molecular complexity index is 995. The van der Waals surface area contributed by atoms with E-state index in [2.05, 4.69) is 5.16 Å². The van der Waals surface area contributed by atoms with Crippen LogP contribution in [0, 0.1) is 31.5 Å². The molecule has 158 valence electrons. The quantitative estimate of drug-likeness (QED) is 0.355. The lowest BCUT2D eigenvalue weighted by Gasteiger charge is -2.38. The summed E-state index contributed by atoms with van der Waals surface area (Å²) in [5.41, 5.74) is 3.07. The smallest absolute Gasteiger partial charge is 0.337 e. The van der Waals surface area contributed by atoms with Gasteiger partial charge >= 0.3 is 5.97 Å². The Labute approximate surface area is 175 Å². The van der Waals surface area contributed by atoms with E-state index < -0.39 is 11.8 Å². The number of benzene rings is 2. The van der Waals surface area contributed by atoms with Crippen LogP contribution in [-0.2, 0) is 9.53 Å². The van der Waals surface area contributed by atoms with Crippen LogP contribution < -0.4 is 4.90 Å². The number of oxime groups is 1. The molecule has 0 unspecified atom stereocenters. The number of aryl methyl sites for hydroxylation is 2. The highest BCUT2D eigenvalue weighted by atomic mass is 19.1. The zero-order valence-corrected chi connectivity index (χ0v) is 17.5. The standard InChI is InChI=1S/C23H25FN2O4/c1-13-9-16(23(28)30-4)10-14(2)21(13)26-12-17(11-15(3)22(26)27)20(25-29)18-7-5-6-8-19(18)24/h5-10,15,17,29H,11-12H2,1-4H3/t15-,17+/m1/s1. The van der Waals surface area contributed by atoms with Gasteiger partial charge in [-0.2, -0.15) is 0 Å². The fourth-order valence-corrected chi connectivity index (χ4v) is 4.22. The molecule has 30 heavy (non-hydrogen) atoms. The van der Waals surface area contributed by atoms with Gasteiger partial charge in [0.2, 0.25) is 5.91 Å². The minimum atomic E-state index is -0.476. The van der Waals surface area contributed by atoms with Crippen molar-refractivity contribution >= 4 is 23.3 Å². The molecule has 1 saturated heterocycles. The molecule has 0 radical (unpaired) electrons. The minimum absolute atomic E-state index is 0.0610. The predicted molar refractivity (Wildman–Crippen MR) is 112 cm³/mol. The second-order valence-corrected chi connectivity index (χ2v) is 7.70. The van der Waals surface area contributed by atoms with E-state index in [1.165, 1.54) is 13.2 Å². The number of carbonyl (C=O) groups is 2. The summed E-state index contributed by atoms with van der Waals surface area (Å²) in [6, 6.07) is 9.51. The van der Waals surface area contributed by atoms with E-state index in [1.807, 2.05) is 20.8 Å². The fraction of sp³-hybridized carbons (Fsp3) is 0.348. The summed E-state index contributed by atoms with van der Waals surface area (Å²) in [4.78, 5) is 26.6. The molecule has 1 amide bonds. The van der Waals surface area contributed by atoms with Crippen LogP contribution in [0.1, 0.15) is 40.4 Å². The van der Waals surface area contributed by atoms with Crippen LogP contribution in [0.4, 0.5) is 10.1 Å². The lowest BCUT2D eigenvalue weighted by atomic mass is 9.83. The maximum absolute atomic E-state index is 14.3. The number of nitrogens with zero attached hydrogens (tertiary/aromatic N) is 2. The molecule has 2 aromatic carbocycles. The first-order valence-corrected chi connectivity index (χ1v) is 9.76. The number of carbonyl (C=O) groups excluding carboxylic acids is 2. The summed E-state index contributed by atoms with van der Waals surface area (Å²) in [6.07, 6.45) is 0.446. The lowest BCUT2D eigenvalue weighted by molar-refractivity contribution is -0.123. The minimum Gasteiger partial charge on any atom is -0.465 e. The van der Waals surface area contributed by atoms with Crippen molar-refractivity contribution < 1.29 is 23.9 Å². The second-order valence-electron chi connectivity index (χ2n) is 7.70. The summed E-state index contributed by atoms with van der Waals surface area (Å²) in [6.45, 7) is 5.71. The molecule has 6 nitrogen and oxygen atoms in total. The highest BCUT2D eigenvalue weighted by Crippen LogP contribution is 2.34. The van der Waals surface area contributed by atoms with Gasteiger partial charge in [-0.25, -0.2) is 9.18 Å². The van der Waals surface area contributed by atoms with Crippen molar-refractivity contribution in [1.29, 1.82) is 0 Å². The van der Waals surface area contributed by atoms with Gasteiger partial charge in [0, 0.05) is 29.6 Å². The van der Waals surface area contributed by atoms with E-state index in [1.54, 1.807) is 35.2 Å². The molecule has 2 atom stereocenters. The Kier molecular flexibility index (Phi) is 6.20. The van der Waals surface area contributed by atoms with Gasteiger partial charge < -0.3 is 14.8 Å². The topological polar surface area (TPSA) is 79.2 Å². The van der Waals surface area contributed by atoms with Crippen molar-refractivity contribution in [3.05, 3.63) is 64.5 Å². The maximum atomic E-state index is 14.3. The lowest BCUT2D eigenvalue weighted by Crippen LogP contribution is -2.47. The van der Waals surface area contributed by atoms with E-state index in [0.29, 0.717) is 17.7 Å². The van der Waals surface area contributed by atoms with E-state index in [-0.39, 0.29) is 35.6 Å². The molecule has 0 bridgehead atoms. The van der Waals surface area contributed by atoms with Crippen LogP contribution in [0.25, 0.3) is 0 Å². The molecule has 1 aliphatic rings. The number of hydrogen-bond donors (Lipinski definition) is 1. The zero-order chi connectivity index (χ0) is 22.0. The van der Waals surface area contributed by atoms with Crippen LogP contribution in [-0.4, -0.2) is 36.4 Å². The van der Waals surface area contributed by atoms with Gasteiger partial charge in [-0.05, 0) is 49.6 Å². The van der Waals surface area contributed by atoms with Crippen molar-refractivity contribution in [2.45, 2.75) is 27.2 Å². The molecule has 1 aliphatic heterocycles. The van der Waals surface area contributed by atoms with Crippen molar-refractivity contribution in [3.63, 3.8) is 0 Å². The van der Waals surface area contributed by atoms with Crippen molar-refractivity contribution in [1.82, 2.24) is 0 Å². The van der Waals surface area contributed by atoms with E-state index >= 15 is 0 Å². The molecule has 0 spiro atoms. The molecule has 1 fully saturated rings. The summed E-state index contributed by atoms with van der Waals surface area (Å²) in [7, 11) is 1.32. The molecule has 2 aromatic rings. The van der Waals surface area contributed by atoms with Gasteiger partial charge in [0.1, 0.15) is 5.82 Å². The molecule has 0 saturated carbocycles. The highest BCUT2D eigenvalue weighted by molar-refractivity contribution is 6.06. The van der Waals surface area contributed by atoms with Gasteiger partial charge in [0.25, 0.3) is 0 Å². The Morgan fingerprint density at radius 2 is 1.87 bits per heavy atom. The fourth-order valence-electron chi connectivity index (χ4n) is 4.22. The van der Waals surface area contributed by atoms with Gasteiger partial charge in [0.15, 0.2) is 0 Å². The van der Waals surface area contributed by atoms with Crippen LogP contribution in [0.15, 0.2) is 41.6 Å². The first-order valence-electron chi connectivity index (χ1n) is 9.76. The first kappa shape index (κ1) is 21.5. The SMILES string of the molecule is COC(=O)c1cc(C)c(N2C[C@@H](C(=NO)c3ccccc3F)C[C@@H](C)C2=O)c(C)c1. The van der Waals surface area contributed by atoms with Crippen LogP contribution in [0.3, 0.4) is 0 Å². The number of rotatable bonds is 4. The maximum Gasteiger partial charge on any atom is 0.337 e. The summed E-state index contributed by atoms with van der Waals surface area (Å²) >= 11 is 0. The molecule has 3 rings (SSSR count). The van der Waals surface area contributed by atoms with Gasteiger partial charge in [-0.1, -0.05) is 30.3 Å².